The molecule has 0 radical (unpaired) electrons. The van der Waals surface area contributed by atoms with E-state index in [0.29, 0.717) is 18.1 Å². The highest BCUT2D eigenvalue weighted by molar-refractivity contribution is 5.92. The predicted octanol–water partition coefficient (Wildman–Crippen LogP) is 2.93. The molecule has 1 fully saturated rings. The molecule has 0 saturated heterocycles. The van der Waals surface area contributed by atoms with E-state index in [1.54, 1.807) is 18.2 Å². The fourth-order valence-corrected chi connectivity index (χ4v) is 3.26. The molecule has 1 aliphatic rings. The summed E-state index contributed by atoms with van der Waals surface area (Å²) in [5, 5.41) is 12.4. The van der Waals surface area contributed by atoms with Crippen molar-refractivity contribution in [3.05, 3.63) is 23.9 Å². The molecule has 1 amide bonds. The Morgan fingerprint density at radius 3 is 2.74 bits per heavy atom. The van der Waals surface area contributed by atoms with E-state index in [9.17, 15) is 9.90 Å². The minimum absolute atomic E-state index is 0.0240. The Morgan fingerprint density at radius 1 is 1.35 bits per heavy atom. The van der Waals surface area contributed by atoms with Crippen molar-refractivity contribution in [2.24, 2.45) is 5.41 Å². The molecule has 2 rings (SSSR count). The van der Waals surface area contributed by atoms with Crippen molar-refractivity contribution in [3.8, 4) is 5.88 Å². The Morgan fingerprint density at radius 2 is 2.09 bits per heavy atom. The lowest BCUT2D eigenvalue weighted by atomic mass is 9.72. The third-order valence-electron chi connectivity index (χ3n) is 4.49. The van der Waals surface area contributed by atoms with Crippen LogP contribution in [0.3, 0.4) is 0 Å². The van der Waals surface area contributed by atoms with Gasteiger partial charge in [0.1, 0.15) is 5.69 Å². The topological polar surface area (TPSA) is 71.5 Å². The van der Waals surface area contributed by atoms with Gasteiger partial charge in [-0.3, -0.25) is 4.79 Å². The molecule has 0 aliphatic heterocycles. The highest BCUT2D eigenvalue weighted by Gasteiger charge is 2.32. The van der Waals surface area contributed by atoms with Gasteiger partial charge in [-0.25, -0.2) is 4.98 Å². The van der Waals surface area contributed by atoms with Crippen LogP contribution >= 0.6 is 0 Å². The number of nitrogens with zero attached hydrogens (tertiary/aromatic N) is 1. The summed E-state index contributed by atoms with van der Waals surface area (Å²) in [7, 11) is 0. The summed E-state index contributed by atoms with van der Waals surface area (Å²) in [6, 6.07) is 5.23. The highest BCUT2D eigenvalue weighted by Crippen LogP contribution is 2.38. The van der Waals surface area contributed by atoms with Crippen LogP contribution in [0.4, 0.5) is 0 Å². The molecule has 1 aromatic heterocycles. The minimum Gasteiger partial charge on any atom is -0.475 e. The zero-order chi connectivity index (χ0) is 16.7. The second-order valence-corrected chi connectivity index (χ2v) is 6.74. The van der Waals surface area contributed by atoms with Gasteiger partial charge in [0.2, 0.25) is 5.88 Å². The quantitative estimate of drug-likeness (QED) is 0.810. The molecule has 0 bridgehead atoms. The van der Waals surface area contributed by atoms with Crippen LogP contribution in [0.5, 0.6) is 5.88 Å². The van der Waals surface area contributed by atoms with Crippen molar-refractivity contribution < 1.29 is 14.6 Å². The second-order valence-electron chi connectivity index (χ2n) is 6.74. The van der Waals surface area contributed by atoms with Gasteiger partial charge in [0.25, 0.3) is 5.91 Å². The summed E-state index contributed by atoms with van der Waals surface area (Å²) in [4.78, 5) is 16.6. The monoisotopic (exact) mass is 320 g/mol. The number of pyridine rings is 1. The average molecular weight is 320 g/mol. The minimum atomic E-state index is -0.179. The Labute approximate surface area is 138 Å². The number of carbonyl (C=O) groups excluding carboxylic acids is 1. The maximum atomic E-state index is 12.4. The van der Waals surface area contributed by atoms with Gasteiger partial charge < -0.3 is 15.2 Å². The average Bonchev–Trinajstić information content (AvgIpc) is 2.53. The van der Waals surface area contributed by atoms with Gasteiger partial charge in [-0.15, -0.1) is 0 Å². The SMILES string of the molecule is CC(C)Oc1cccc(C(=O)NCC2(CCO)CCCCC2)n1. The Hall–Kier alpha value is -1.62. The van der Waals surface area contributed by atoms with E-state index < -0.39 is 0 Å². The first-order valence-electron chi connectivity index (χ1n) is 8.57. The molecule has 5 nitrogen and oxygen atoms in total. The summed E-state index contributed by atoms with van der Waals surface area (Å²) < 4.78 is 5.53. The van der Waals surface area contributed by atoms with Crippen LogP contribution in [0.1, 0.15) is 62.9 Å². The number of hydrogen-bond donors (Lipinski definition) is 2. The fourth-order valence-electron chi connectivity index (χ4n) is 3.26. The molecule has 1 heterocycles. The molecule has 0 aromatic carbocycles. The molecular weight excluding hydrogens is 292 g/mol. The van der Waals surface area contributed by atoms with Gasteiger partial charge in [-0.2, -0.15) is 0 Å². The smallest absolute Gasteiger partial charge is 0.270 e. The van der Waals surface area contributed by atoms with Crippen LogP contribution in [-0.4, -0.2) is 35.3 Å². The number of ether oxygens (including phenoxy) is 1. The summed E-state index contributed by atoms with van der Waals surface area (Å²) in [5.74, 6) is 0.289. The van der Waals surface area contributed by atoms with Crippen molar-refractivity contribution in [2.45, 2.75) is 58.5 Å². The number of amides is 1. The van der Waals surface area contributed by atoms with Gasteiger partial charge in [0, 0.05) is 19.2 Å². The summed E-state index contributed by atoms with van der Waals surface area (Å²) >= 11 is 0. The molecule has 1 aromatic rings. The van der Waals surface area contributed by atoms with E-state index in [1.165, 1.54) is 19.3 Å². The van der Waals surface area contributed by atoms with Crippen molar-refractivity contribution in [2.75, 3.05) is 13.2 Å². The Kier molecular flexibility index (Phi) is 6.39. The third kappa shape index (κ3) is 5.20. The van der Waals surface area contributed by atoms with E-state index in [2.05, 4.69) is 10.3 Å². The number of rotatable bonds is 7. The first-order valence-corrected chi connectivity index (χ1v) is 8.57. The van der Waals surface area contributed by atoms with Gasteiger partial charge in [-0.1, -0.05) is 25.3 Å². The first kappa shape index (κ1) is 17.7. The van der Waals surface area contributed by atoms with Crippen LogP contribution in [0.15, 0.2) is 18.2 Å². The summed E-state index contributed by atoms with van der Waals surface area (Å²) in [5.41, 5.74) is 0.410. The predicted molar refractivity (Wildman–Crippen MR) is 89.6 cm³/mol. The van der Waals surface area contributed by atoms with Crippen molar-refractivity contribution in [1.82, 2.24) is 10.3 Å². The number of aromatic nitrogens is 1. The van der Waals surface area contributed by atoms with Crippen LogP contribution in [0, 0.1) is 5.41 Å². The fraction of sp³-hybridized carbons (Fsp3) is 0.667. The Bertz CT molecular complexity index is 505. The van der Waals surface area contributed by atoms with Crippen molar-refractivity contribution in [1.29, 1.82) is 0 Å². The summed E-state index contributed by atoms with van der Waals surface area (Å²) in [6.07, 6.45) is 6.50. The Balaban J connectivity index is 1.97. The van der Waals surface area contributed by atoms with Crippen LogP contribution in [0.25, 0.3) is 0 Å². The zero-order valence-corrected chi connectivity index (χ0v) is 14.2. The van der Waals surface area contributed by atoms with Crippen LogP contribution in [0.2, 0.25) is 0 Å². The molecular formula is C18H28N2O3. The van der Waals surface area contributed by atoms with Crippen molar-refractivity contribution in [3.63, 3.8) is 0 Å². The molecule has 1 saturated carbocycles. The lowest BCUT2D eigenvalue weighted by Gasteiger charge is -2.37. The molecule has 23 heavy (non-hydrogen) atoms. The number of hydrogen-bond acceptors (Lipinski definition) is 4. The standard InChI is InChI=1S/C18H28N2O3/c1-14(2)23-16-8-6-7-15(20-16)17(22)19-13-18(11-12-21)9-4-3-5-10-18/h6-8,14,21H,3-5,9-13H2,1-2H3,(H,19,22). The highest BCUT2D eigenvalue weighted by atomic mass is 16.5. The van der Waals surface area contributed by atoms with E-state index in [4.69, 9.17) is 4.74 Å². The lowest BCUT2D eigenvalue weighted by molar-refractivity contribution is 0.0863. The molecule has 0 spiro atoms. The van der Waals surface area contributed by atoms with Gasteiger partial charge in [0.05, 0.1) is 6.10 Å². The maximum absolute atomic E-state index is 12.4. The first-order chi connectivity index (χ1) is 11.0. The number of nitrogens with one attached hydrogen (secondary N) is 1. The summed E-state index contributed by atoms with van der Waals surface area (Å²) in [6.45, 7) is 4.63. The van der Waals surface area contributed by atoms with E-state index in [1.807, 2.05) is 13.8 Å². The van der Waals surface area contributed by atoms with Crippen molar-refractivity contribution >= 4 is 5.91 Å². The normalized spacial score (nSPS) is 17.0. The number of aliphatic hydroxyl groups is 1. The van der Waals surface area contributed by atoms with Gasteiger partial charge in [0.15, 0.2) is 0 Å². The maximum Gasteiger partial charge on any atom is 0.270 e. The zero-order valence-electron chi connectivity index (χ0n) is 14.2. The molecule has 0 unspecified atom stereocenters. The lowest BCUT2D eigenvalue weighted by Crippen LogP contribution is -2.39. The second kappa shape index (κ2) is 8.29. The van der Waals surface area contributed by atoms with Crippen LogP contribution in [-0.2, 0) is 0 Å². The van der Waals surface area contributed by atoms with Gasteiger partial charge in [-0.05, 0) is 44.6 Å². The molecule has 2 N–H and O–H groups in total. The molecule has 0 atom stereocenters. The van der Waals surface area contributed by atoms with E-state index >= 15 is 0 Å². The van der Waals surface area contributed by atoms with E-state index in [0.717, 1.165) is 19.3 Å². The molecule has 1 aliphatic carbocycles. The number of aliphatic hydroxyl groups excluding tert-OH is 1. The third-order valence-corrected chi connectivity index (χ3v) is 4.49. The number of carbonyl (C=O) groups is 1. The molecule has 128 valence electrons. The van der Waals surface area contributed by atoms with E-state index in [-0.39, 0.29) is 24.0 Å². The van der Waals surface area contributed by atoms with Crippen LogP contribution < -0.4 is 10.1 Å². The van der Waals surface area contributed by atoms with Gasteiger partial charge >= 0.3 is 0 Å². The molecule has 5 heteroatoms. The largest absolute Gasteiger partial charge is 0.475 e.